The zero-order chi connectivity index (χ0) is 17.2. The van der Waals surface area contributed by atoms with Crippen LogP contribution in [0.2, 0.25) is 0 Å². The Morgan fingerprint density at radius 3 is 2.28 bits per heavy atom. The molecule has 3 heteroatoms. The molecular weight excluding hydrogens is 310 g/mol. The van der Waals surface area contributed by atoms with E-state index in [9.17, 15) is 4.79 Å². The Morgan fingerprint density at radius 1 is 0.880 bits per heavy atom. The molecular formula is C22H19NO2. The summed E-state index contributed by atoms with van der Waals surface area (Å²) in [6, 6.07) is 25.2. The number of carbonyl (C=O) groups is 1. The number of benzene rings is 3. The standard InChI is InChI=1S/C22H19NO2/c1-16-15-18-7-5-6-10-21(18)23(16)22(24)17-11-13-20(14-12-17)25-19-8-3-2-4-9-19/h2-14,16H,15H2,1H3/t16-/m0/s1. The molecule has 1 aliphatic heterocycles. The Kier molecular flexibility index (Phi) is 3.98. The van der Waals surface area contributed by atoms with Gasteiger partial charge in [0.25, 0.3) is 5.91 Å². The van der Waals surface area contributed by atoms with Crippen molar-refractivity contribution in [2.45, 2.75) is 19.4 Å². The minimum Gasteiger partial charge on any atom is -0.457 e. The molecule has 0 fully saturated rings. The van der Waals surface area contributed by atoms with Crippen LogP contribution in [0.4, 0.5) is 5.69 Å². The molecule has 1 amide bonds. The van der Waals surface area contributed by atoms with E-state index in [-0.39, 0.29) is 11.9 Å². The monoisotopic (exact) mass is 329 g/mol. The number of hydrogen-bond acceptors (Lipinski definition) is 2. The summed E-state index contributed by atoms with van der Waals surface area (Å²) in [5.74, 6) is 1.53. The highest BCUT2D eigenvalue weighted by molar-refractivity contribution is 6.07. The number of amides is 1. The lowest BCUT2D eigenvalue weighted by Crippen LogP contribution is -2.35. The topological polar surface area (TPSA) is 29.5 Å². The maximum atomic E-state index is 13.0. The fourth-order valence-corrected chi connectivity index (χ4v) is 3.30. The molecule has 0 saturated heterocycles. The summed E-state index contributed by atoms with van der Waals surface area (Å²) in [5.41, 5.74) is 2.92. The Bertz CT molecular complexity index is 887. The van der Waals surface area contributed by atoms with Crippen LogP contribution in [0, 0.1) is 0 Å². The van der Waals surface area contributed by atoms with Crippen molar-refractivity contribution in [3.05, 3.63) is 90.0 Å². The van der Waals surface area contributed by atoms with Crippen LogP contribution >= 0.6 is 0 Å². The van der Waals surface area contributed by atoms with Gasteiger partial charge in [-0.15, -0.1) is 0 Å². The smallest absolute Gasteiger partial charge is 0.258 e. The first-order chi connectivity index (χ1) is 12.2. The molecule has 1 aliphatic rings. The van der Waals surface area contributed by atoms with E-state index in [1.54, 1.807) is 0 Å². The highest BCUT2D eigenvalue weighted by Crippen LogP contribution is 2.33. The summed E-state index contributed by atoms with van der Waals surface area (Å²) in [4.78, 5) is 14.9. The second-order valence-corrected chi connectivity index (χ2v) is 6.30. The van der Waals surface area contributed by atoms with Gasteiger partial charge in [-0.05, 0) is 61.4 Å². The third kappa shape index (κ3) is 3.01. The van der Waals surface area contributed by atoms with Crippen molar-refractivity contribution >= 4 is 11.6 Å². The maximum Gasteiger partial charge on any atom is 0.258 e. The molecule has 3 aromatic carbocycles. The van der Waals surface area contributed by atoms with E-state index in [4.69, 9.17) is 4.74 Å². The van der Waals surface area contributed by atoms with Crippen LogP contribution in [-0.2, 0) is 6.42 Å². The summed E-state index contributed by atoms with van der Waals surface area (Å²) in [7, 11) is 0. The van der Waals surface area contributed by atoms with E-state index in [0.717, 1.165) is 23.6 Å². The average molecular weight is 329 g/mol. The summed E-state index contributed by atoms with van der Waals surface area (Å²) in [5, 5.41) is 0. The van der Waals surface area contributed by atoms with Crippen molar-refractivity contribution in [1.82, 2.24) is 0 Å². The lowest BCUT2D eigenvalue weighted by atomic mass is 10.1. The van der Waals surface area contributed by atoms with E-state index in [1.165, 1.54) is 5.56 Å². The molecule has 0 aromatic heterocycles. The molecule has 3 nitrogen and oxygen atoms in total. The fraction of sp³-hybridized carbons (Fsp3) is 0.136. The van der Waals surface area contributed by atoms with Crippen LogP contribution in [-0.4, -0.2) is 11.9 Å². The normalized spacial score (nSPS) is 15.7. The second-order valence-electron chi connectivity index (χ2n) is 6.30. The predicted molar refractivity (Wildman–Crippen MR) is 99.4 cm³/mol. The van der Waals surface area contributed by atoms with Gasteiger partial charge in [-0.25, -0.2) is 0 Å². The Labute approximate surface area is 147 Å². The summed E-state index contributed by atoms with van der Waals surface area (Å²) in [6.45, 7) is 2.09. The average Bonchev–Trinajstić information content (AvgIpc) is 2.98. The van der Waals surface area contributed by atoms with E-state index in [2.05, 4.69) is 13.0 Å². The second kappa shape index (κ2) is 6.44. The molecule has 1 atom stereocenters. The minimum atomic E-state index is 0.0312. The van der Waals surface area contributed by atoms with Gasteiger partial charge >= 0.3 is 0 Å². The molecule has 0 aliphatic carbocycles. The van der Waals surface area contributed by atoms with Gasteiger partial charge in [0.1, 0.15) is 11.5 Å². The molecule has 0 bridgehead atoms. The highest BCUT2D eigenvalue weighted by Gasteiger charge is 2.31. The highest BCUT2D eigenvalue weighted by atomic mass is 16.5. The molecule has 3 aromatic rings. The van der Waals surface area contributed by atoms with Crippen molar-refractivity contribution in [2.75, 3.05) is 4.90 Å². The lowest BCUT2D eigenvalue weighted by molar-refractivity contribution is 0.0981. The Morgan fingerprint density at radius 2 is 1.52 bits per heavy atom. The number of para-hydroxylation sites is 2. The first-order valence-corrected chi connectivity index (χ1v) is 8.47. The van der Waals surface area contributed by atoms with Gasteiger partial charge in [0, 0.05) is 17.3 Å². The number of anilines is 1. The first-order valence-electron chi connectivity index (χ1n) is 8.47. The number of hydrogen-bond donors (Lipinski definition) is 0. The largest absolute Gasteiger partial charge is 0.457 e. The first kappa shape index (κ1) is 15.5. The van der Waals surface area contributed by atoms with Gasteiger partial charge in [0.05, 0.1) is 0 Å². The molecule has 1 heterocycles. The summed E-state index contributed by atoms with van der Waals surface area (Å²) >= 11 is 0. The van der Waals surface area contributed by atoms with Gasteiger partial charge in [0.2, 0.25) is 0 Å². The summed E-state index contributed by atoms with van der Waals surface area (Å²) in [6.07, 6.45) is 0.900. The molecule has 0 unspecified atom stereocenters. The van der Waals surface area contributed by atoms with Crippen LogP contribution in [0.5, 0.6) is 11.5 Å². The molecule has 0 spiro atoms. The number of nitrogens with zero attached hydrogens (tertiary/aromatic N) is 1. The van der Waals surface area contributed by atoms with Crippen molar-refractivity contribution < 1.29 is 9.53 Å². The molecule has 25 heavy (non-hydrogen) atoms. The molecule has 0 saturated carbocycles. The third-order valence-corrected chi connectivity index (χ3v) is 4.51. The SMILES string of the molecule is C[C@H]1Cc2ccccc2N1C(=O)c1ccc(Oc2ccccc2)cc1. The van der Waals surface area contributed by atoms with E-state index < -0.39 is 0 Å². The van der Waals surface area contributed by atoms with Crippen LogP contribution in [0.3, 0.4) is 0 Å². The lowest BCUT2D eigenvalue weighted by Gasteiger charge is -2.23. The quantitative estimate of drug-likeness (QED) is 0.671. The number of rotatable bonds is 3. The van der Waals surface area contributed by atoms with Crippen LogP contribution in [0.15, 0.2) is 78.9 Å². The van der Waals surface area contributed by atoms with Gasteiger partial charge < -0.3 is 9.64 Å². The van der Waals surface area contributed by atoms with Crippen LogP contribution < -0.4 is 9.64 Å². The van der Waals surface area contributed by atoms with Gasteiger partial charge in [-0.1, -0.05) is 36.4 Å². The zero-order valence-corrected chi connectivity index (χ0v) is 14.1. The maximum absolute atomic E-state index is 13.0. The molecule has 4 rings (SSSR count). The number of fused-ring (bicyclic) bond motifs is 1. The van der Waals surface area contributed by atoms with Crippen molar-refractivity contribution in [2.24, 2.45) is 0 Å². The molecule has 0 radical (unpaired) electrons. The van der Waals surface area contributed by atoms with E-state index in [1.807, 2.05) is 77.7 Å². The number of ether oxygens (including phenoxy) is 1. The fourth-order valence-electron chi connectivity index (χ4n) is 3.30. The van der Waals surface area contributed by atoms with Gasteiger partial charge in [-0.3, -0.25) is 4.79 Å². The van der Waals surface area contributed by atoms with Crippen molar-refractivity contribution in [3.63, 3.8) is 0 Å². The zero-order valence-electron chi connectivity index (χ0n) is 14.1. The van der Waals surface area contributed by atoms with Gasteiger partial charge in [-0.2, -0.15) is 0 Å². The van der Waals surface area contributed by atoms with Crippen molar-refractivity contribution in [1.29, 1.82) is 0 Å². The predicted octanol–water partition coefficient (Wildman–Crippen LogP) is 5.07. The van der Waals surface area contributed by atoms with Crippen molar-refractivity contribution in [3.8, 4) is 11.5 Å². The third-order valence-electron chi connectivity index (χ3n) is 4.51. The van der Waals surface area contributed by atoms with E-state index >= 15 is 0 Å². The van der Waals surface area contributed by atoms with E-state index in [0.29, 0.717) is 5.56 Å². The van der Waals surface area contributed by atoms with Crippen LogP contribution in [0.1, 0.15) is 22.8 Å². The molecule has 0 N–H and O–H groups in total. The van der Waals surface area contributed by atoms with Crippen LogP contribution in [0.25, 0.3) is 0 Å². The Hall–Kier alpha value is -3.07. The number of carbonyl (C=O) groups excluding carboxylic acids is 1. The minimum absolute atomic E-state index is 0.0312. The Balaban J connectivity index is 1.55. The molecule has 124 valence electrons. The van der Waals surface area contributed by atoms with Gasteiger partial charge in [0.15, 0.2) is 0 Å². The summed E-state index contributed by atoms with van der Waals surface area (Å²) < 4.78 is 5.79.